The van der Waals surface area contributed by atoms with Crippen molar-refractivity contribution < 1.29 is 18.4 Å². The topological polar surface area (TPSA) is 82.6 Å². The van der Waals surface area contributed by atoms with E-state index in [-0.39, 0.29) is 12.7 Å². The zero-order chi connectivity index (χ0) is 24.2. The van der Waals surface area contributed by atoms with Crippen LogP contribution in [0.2, 0.25) is 0 Å². The average Bonchev–Trinajstić information content (AvgIpc) is 3.64. The number of nitrogens with one attached hydrogen (secondary N) is 1. The van der Waals surface area contributed by atoms with E-state index in [2.05, 4.69) is 70.1 Å². The van der Waals surface area contributed by atoms with Gasteiger partial charge in [-0.2, -0.15) is 4.98 Å². The number of benzene rings is 3. The Morgan fingerprint density at radius 1 is 0.917 bits per heavy atom. The van der Waals surface area contributed by atoms with E-state index < -0.39 is 0 Å². The number of aromatic nitrogens is 2. The highest BCUT2D eigenvalue weighted by Crippen LogP contribution is 2.30. The highest BCUT2D eigenvalue weighted by Gasteiger charge is 2.27. The van der Waals surface area contributed by atoms with E-state index in [1.54, 1.807) is 18.4 Å². The normalized spacial score (nSPS) is 17.9. The summed E-state index contributed by atoms with van der Waals surface area (Å²) in [6.07, 6.45) is 2.71. The van der Waals surface area contributed by atoms with Gasteiger partial charge in [-0.3, -0.25) is 0 Å². The van der Waals surface area contributed by atoms with Crippen LogP contribution in [-0.2, 0) is 18.0 Å². The molecular weight excluding hydrogens is 454 g/mol. The second-order valence-corrected chi connectivity index (χ2v) is 8.98. The van der Waals surface area contributed by atoms with Crippen molar-refractivity contribution in [1.82, 2.24) is 15.5 Å². The first kappa shape index (κ1) is 22.5. The molecule has 5 aromatic rings. The lowest BCUT2D eigenvalue weighted by Gasteiger charge is -2.32. The Morgan fingerprint density at radius 3 is 2.67 bits per heavy atom. The third kappa shape index (κ3) is 5.03. The van der Waals surface area contributed by atoms with Gasteiger partial charge in [-0.25, -0.2) is 0 Å². The fourth-order valence-corrected chi connectivity index (χ4v) is 4.69. The van der Waals surface area contributed by atoms with Crippen LogP contribution in [0.4, 0.5) is 0 Å². The van der Waals surface area contributed by atoms with Gasteiger partial charge in [0.25, 0.3) is 5.89 Å². The van der Waals surface area contributed by atoms with Crippen molar-refractivity contribution >= 4 is 10.8 Å². The molecule has 36 heavy (non-hydrogen) atoms. The number of ether oxygens (including phenoxy) is 2. The lowest BCUT2D eigenvalue weighted by Crippen LogP contribution is -2.40. The van der Waals surface area contributed by atoms with Crippen LogP contribution in [0, 0.1) is 0 Å². The Morgan fingerprint density at radius 2 is 1.81 bits per heavy atom. The minimum absolute atomic E-state index is 0.107. The lowest BCUT2D eigenvalue weighted by molar-refractivity contribution is 0.0106. The number of rotatable bonds is 8. The van der Waals surface area contributed by atoms with Crippen molar-refractivity contribution in [3.8, 4) is 17.3 Å². The molecule has 1 N–H and O–H groups in total. The Bertz CT molecular complexity index is 1410. The summed E-state index contributed by atoms with van der Waals surface area (Å²) >= 11 is 0. The summed E-state index contributed by atoms with van der Waals surface area (Å²) in [7, 11) is 0. The molecule has 0 saturated carbocycles. The molecule has 0 aliphatic carbocycles. The quantitative estimate of drug-likeness (QED) is 0.303. The highest BCUT2D eigenvalue weighted by molar-refractivity contribution is 5.82. The van der Waals surface area contributed by atoms with E-state index in [1.165, 1.54) is 21.9 Å². The van der Waals surface area contributed by atoms with Crippen molar-refractivity contribution in [3.63, 3.8) is 0 Å². The van der Waals surface area contributed by atoms with Gasteiger partial charge in [0.2, 0.25) is 5.82 Å². The summed E-state index contributed by atoms with van der Waals surface area (Å²) < 4.78 is 22.8. The highest BCUT2D eigenvalue weighted by atomic mass is 16.5. The first-order valence-corrected chi connectivity index (χ1v) is 12.2. The zero-order valence-electron chi connectivity index (χ0n) is 19.8. The van der Waals surface area contributed by atoms with Crippen LogP contribution in [-0.4, -0.2) is 29.3 Å². The van der Waals surface area contributed by atoms with Gasteiger partial charge in [-0.15, -0.1) is 0 Å². The molecule has 0 spiro atoms. The monoisotopic (exact) mass is 481 g/mol. The van der Waals surface area contributed by atoms with Gasteiger partial charge in [0.05, 0.1) is 19.0 Å². The molecule has 2 unspecified atom stereocenters. The van der Waals surface area contributed by atoms with Crippen molar-refractivity contribution in [2.75, 3.05) is 13.1 Å². The molecule has 2 atom stereocenters. The number of nitrogens with zero attached hydrogens (tertiary/aromatic N) is 2. The summed E-state index contributed by atoms with van der Waals surface area (Å²) in [4.78, 5) is 4.31. The van der Waals surface area contributed by atoms with Crippen LogP contribution in [0.15, 0.2) is 94.1 Å². The van der Waals surface area contributed by atoms with E-state index in [1.807, 2.05) is 12.1 Å². The van der Waals surface area contributed by atoms with Gasteiger partial charge in [0, 0.05) is 12.5 Å². The number of fused-ring (bicyclic) bond motifs is 1. The molecule has 0 radical (unpaired) electrons. The third-order valence-corrected chi connectivity index (χ3v) is 6.58. The maximum atomic E-state index is 6.42. The standard InChI is InChI=1S/C29H27N3O4/c1-2-5-23-16-20(7-8-21(23)4-1)18-35-27-17-30-14-13-25(27)22-9-11-24(12-10-22)34-19-28-31-29(32-36-28)26-6-3-15-33-26/h1-12,15-16,25,27,30H,13-14,17-19H2. The smallest absolute Gasteiger partial charge is 0.264 e. The lowest BCUT2D eigenvalue weighted by atomic mass is 9.87. The van der Waals surface area contributed by atoms with Gasteiger partial charge in [0.1, 0.15) is 5.75 Å². The molecule has 0 bridgehead atoms. The number of piperidine rings is 1. The predicted molar refractivity (Wildman–Crippen MR) is 136 cm³/mol. The Balaban J connectivity index is 1.07. The van der Waals surface area contributed by atoms with E-state index >= 15 is 0 Å². The van der Waals surface area contributed by atoms with E-state index in [9.17, 15) is 0 Å². The molecular formula is C29H27N3O4. The summed E-state index contributed by atoms with van der Waals surface area (Å²) in [6, 6.07) is 26.7. The first-order chi connectivity index (χ1) is 17.8. The molecule has 7 nitrogen and oxygen atoms in total. The van der Waals surface area contributed by atoms with Crippen molar-refractivity contribution in [2.24, 2.45) is 0 Å². The number of hydrogen-bond donors (Lipinski definition) is 1. The fraction of sp³-hybridized carbons (Fsp3) is 0.241. The molecule has 3 aromatic carbocycles. The largest absolute Gasteiger partial charge is 0.484 e. The Hall–Kier alpha value is -3.94. The van der Waals surface area contributed by atoms with Crippen LogP contribution in [0.25, 0.3) is 22.4 Å². The summed E-state index contributed by atoms with van der Waals surface area (Å²) in [5.74, 6) is 2.45. The minimum atomic E-state index is 0.107. The predicted octanol–water partition coefficient (Wildman–Crippen LogP) is 5.72. The van der Waals surface area contributed by atoms with Crippen LogP contribution in [0.5, 0.6) is 5.75 Å². The first-order valence-electron chi connectivity index (χ1n) is 12.2. The molecule has 1 saturated heterocycles. The molecule has 182 valence electrons. The SMILES string of the molecule is c1coc(-c2noc(COc3ccc(C4CCNCC4OCc4ccc5ccccc5c4)cc3)n2)c1. The van der Waals surface area contributed by atoms with E-state index in [0.29, 0.717) is 30.0 Å². The second-order valence-electron chi connectivity index (χ2n) is 8.98. The average molecular weight is 482 g/mol. The van der Waals surface area contributed by atoms with Crippen LogP contribution in [0.3, 0.4) is 0 Å². The Labute approximate surface area is 209 Å². The van der Waals surface area contributed by atoms with Crippen LogP contribution < -0.4 is 10.1 Å². The molecule has 1 aliphatic heterocycles. The molecule has 0 amide bonds. The molecule has 2 aromatic heterocycles. The second kappa shape index (κ2) is 10.4. The molecule has 3 heterocycles. The maximum Gasteiger partial charge on any atom is 0.264 e. The van der Waals surface area contributed by atoms with Gasteiger partial charge in [0.15, 0.2) is 12.4 Å². The van der Waals surface area contributed by atoms with Gasteiger partial charge >= 0.3 is 0 Å². The molecule has 7 heteroatoms. The summed E-state index contributed by atoms with van der Waals surface area (Å²) in [6.45, 7) is 2.61. The van der Waals surface area contributed by atoms with E-state index in [0.717, 1.165) is 25.3 Å². The van der Waals surface area contributed by atoms with Crippen molar-refractivity contribution in [2.45, 2.75) is 31.7 Å². The molecule has 6 rings (SSSR count). The Kier molecular flexibility index (Phi) is 6.48. The van der Waals surface area contributed by atoms with Gasteiger partial charge in [-0.05, 0) is 65.2 Å². The zero-order valence-corrected chi connectivity index (χ0v) is 19.8. The van der Waals surface area contributed by atoms with Crippen LogP contribution >= 0.6 is 0 Å². The molecule has 1 aliphatic rings. The fourth-order valence-electron chi connectivity index (χ4n) is 4.69. The summed E-state index contributed by atoms with van der Waals surface area (Å²) in [5, 5.41) is 9.90. The minimum Gasteiger partial charge on any atom is -0.484 e. The number of furan rings is 1. The van der Waals surface area contributed by atoms with E-state index in [4.69, 9.17) is 18.4 Å². The maximum absolute atomic E-state index is 6.42. The summed E-state index contributed by atoms with van der Waals surface area (Å²) in [5.41, 5.74) is 2.45. The van der Waals surface area contributed by atoms with Crippen molar-refractivity contribution in [3.05, 3.63) is 102 Å². The van der Waals surface area contributed by atoms with Gasteiger partial charge < -0.3 is 23.7 Å². The number of hydrogen-bond acceptors (Lipinski definition) is 7. The van der Waals surface area contributed by atoms with Crippen LogP contribution in [0.1, 0.15) is 29.4 Å². The molecule has 1 fully saturated rings. The van der Waals surface area contributed by atoms with Gasteiger partial charge in [-0.1, -0.05) is 53.7 Å². The van der Waals surface area contributed by atoms with Crippen molar-refractivity contribution in [1.29, 1.82) is 0 Å². The third-order valence-electron chi connectivity index (χ3n) is 6.58.